The molecule has 2 unspecified atom stereocenters. The molecule has 1 aliphatic rings. The van der Waals surface area contributed by atoms with Crippen molar-refractivity contribution < 1.29 is 0 Å². The molecular weight excluding hydrogens is 258 g/mol. The van der Waals surface area contributed by atoms with E-state index in [1.54, 1.807) is 0 Å². The lowest BCUT2D eigenvalue weighted by molar-refractivity contribution is 0.168. The molecule has 2 atom stereocenters. The summed E-state index contributed by atoms with van der Waals surface area (Å²) in [7, 11) is 4.35. The predicted molar refractivity (Wildman–Crippen MR) is 90.6 cm³/mol. The largest absolute Gasteiger partial charge is 0.312 e. The normalized spacial score (nSPS) is 19.0. The van der Waals surface area contributed by atoms with Crippen molar-refractivity contribution >= 4 is 0 Å². The zero-order valence-corrected chi connectivity index (χ0v) is 13.9. The number of benzene rings is 1. The number of nitrogens with one attached hydrogen (secondary N) is 1. The van der Waals surface area contributed by atoms with E-state index in [9.17, 15) is 0 Å². The molecule has 21 heavy (non-hydrogen) atoms. The summed E-state index contributed by atoms with van der Waals surface area (Å²) >= 11 is 0. The van der Waals surface area contributed by atoms with E-state index < -0.39 is 0 Å². The maximum Gasteiger partial charge on any atom is 0.0475 e. The molecule has 1 aliphatic heterocycles. The minimum Gasteiger partial charge on any atom is -0.312 e. The van der Waals surface area contributed by atoms with Gasteiger partial charge in [0.05, 0.1) is 0 Å². The topological polar surface area (TPSA) is 18.5 Å². The molecule has 3 nitrogen and oxygen atoms in total. The van der Waals surface area contributed by atoms with Gasteiger partial charge in [-0.25, -0.2) is 0 Å². The molecule has 3 heteroatoms. The van der Waals surface area contributed by atoms with Gasteiger partial charge in [-0.15, -0.1) is 0 Å². The Bertz CT molecular complexity index is 387. The molecule has 2 rings (SSSR count). The molecule has 1 aromatic carbocycles. The second kappa shape index (κ2) is 8.52. The predicted octanol–water partition coefficient (Wildman–Crippen LogP) is 2.75. The highest BCUT2D eigenvalue weighted by Crippen LogP contribution is 2.22. The zero-order valence-electron chi connectivity index (χ0n) is 13.9. The van der Waals surface area contributed by atoms with Gasteiger partial charge in [0.15, 0.2) is 0 Å². The summed E-state index contributed by atoms with van der Waals surface area (Å²) in [5, 5.41) is 3.52. The Labute approximate surface area is 130 Å². The summed E-state index contributed by atoms with van der Waals surface area (Å²) in [5.74, 6) is 0. The number of likely N-dealkylation sites (N-methyl/N-ethyl adjacent to an activating group) is 2. The van der Waals surface area contributed by atoms with Gasteiger partial charge in [0.1, 0.15) is 0 Å². The van der Waals surface area contributed by atoms with Crippen LogP contribution in [0.2, 0.25) is 0 Å². The van der Waals surface area contributed by atoms with Crippen molar-refractivity contribution in [3.8, 4) is 0 Å². The number of nitrogens with zero attached hydrogens (tertiary/aromatic N) is 2. The van der Waals surface area contributed by atoms with Crippen LogP contribution in [0.4, 0.5) is 0 Å². The SMILES string of the molecule is CCC(C(NC)c1ccccc1)N(C)CCN1CCCC1. The molecule has 1 aromatic rings. The van der Waals surface area contributed by atoms with Gasteiger partial charge in [0.25, 0.3) is 0 Å². The average Bonchev–Trinajstić information content (AvgIpc) is 3.04. The highest BCUT2D eigenvalue weighted by Gasteiger charge is 2.24. The van der Waals surface area contributed by atoms with Crippen molar-refractivity contribution in [2.24, 2.45) is 0 Å². The van der Waals surface area contributed by atoms with E-state index >= 15 is 0 Å². The summed E-state index contributed by atoms with van der Waals surface area (Å²) in [4.78, 5) is 5.13. The minimum atomic E-state index is 0.403. The average molecular weight is 289 g/mol. The van der Waals surface area contributed by atoms with E-state index in [1.165, 1.54) is 38.0 Å². The molecule has 1 saturated heterocycles. The van der Waals surface area contributed by atoms with E-state index in [4.69, 9.17) is 0 Å². The molecule has 1 fully saturated rings. The van der Waals surface area contributed by atoms with Crippen LogP contribution in [0.15, 0.2) is 30.3 Å². The number of likely N-dealkylation sites (tertiary alicyclic amines) is 1. The smallest absolute Gasteiger partial charge is 0.0475 e. The summed E-state index contributed by atoms with van der Waals surface area (Å²) < 4.78 is 0. The second-order valence-corrected chi connectivity index (χ2v) is 6.18. The maximum absolute atomic E-state index is 3.52. The van der Waals surface area contributed by atoms with Crippen LogP contribution < -0.4 is 5.32 Å². The first kappa shape index (κ1) is 16.5. The van der Waals surface area contributed by atoms with Crippen molar-refractivity contribution in [1.29, 1.82) is 0 Å². The summed E-state index contributed by atoms with van der Waals surface area (Å²) in [6.45, 7) is 7.24. The van der Waals surface area contributed by atoms with Crippen LogP contribution in [0.25, 0.3) is 0 Å². The molecule has 0 amide bonds. The van der Waals surface area contributed by atoms with Gasteiger partial charge in [-0.1, -0.05) is 37.3 Å². The molecule has 0 saturated carbocycles. The lowest BCUT2D eigenvalue weighted by atomic mass is 9.96. The molecule has 1 N–H and O–H groups in total. The molecule has 0 aliphatic carbocycles. The first-order valence-corrected chi connectivity index (χ1v) is 8.41. The van der Waals surface area contributed by atoms with Gasteiger partial charge in [0.2, 0.25) is 0 Å². The highest BCUT2D eigenvalue weighted by atomic mass is 15.2. The third-order valence-corrected chi connectivity index (χ3v) is 4.81. The van der Waals surface area contributed by atoms with Crippen molar-refractivity contribution in [3.63, 3.8) is 0 Å². The van der Waals surface area contributed by atoms with Gasteiger partial charge < -0.3 is 15.1 Å². The van der Waals surface area contributed by atoms with Crippen LogP contribution in [0.1, 0.15) is 37.8 Å². The molecule has 1 heterocycles. The number of hydrogen-bond acceptors (Lipinski definition) is 3. The van der Waals surface area contributed by atoms with Crippen LogP contribution >= 0.6 is 0 Å². The first-order chi connectivity index (χ1) is 10.3. The third-order valence-electron chi connectivity index (χ3n) is 4.81. The molecule has 0 radical (unpaired) electrons. The highest BCUT2D eigenvalue weighted by molar-refractivity contribution is 5.20. The summed E-state index contributed by atoms with van der Waals surface area (Å²) in [5.41, 5.74) is 1.39. The third kappa shape index (κ3) is 4.53. The fourth-order valence-corrected chi connectivity index (χ4v) is 3.51. The van der Waals surface area contributed by atoms with Crippen LogP contribution in [-0.4, -0.2) is 56.1 Å². The van der Waals surface area contributed by atoms with Crippen LogP contribution in [0, 0.1) is 0 Å². The Morgan fingerprint density at radius 1 is 1.19 bits per heavy atom. The van der Waals surface area contributed by atoms with E-state index in [0.29, 0.717) is 12.1 Å². The Hall–Kier alpha value is -0.900. The second-order valence-electron chi connectivity index (χ2n) is 6.18. The van der Waals surface area contributed by atoms with Crippen molar-refractivity contribution in [2.75, 3.05) is 40.3 Å². The van der Waals surface area contributed by atoms with Crippen molar-refractivity contribution in [2.45, 2.75) is 38.3 Å². The summed E-state index contributed by atoms with van der Waals surface area (Å²) in [6.07, 6.45) is 3.92. The first-order valence-electron chi connectivity index (χ1n) is 8.41. The zero-order chi connectivity index (χ0) is 15.1. The fourth-order valence-electron chi connectivity index (χ4n) is 3.51. The van der Waals surface area contributed by atoms with E-state index in [2.05, 4.69) is 66.5 Å². The van der Waals surface area contributed by atoms with E-state index in [0.717, 1.165) is 13.0 Å². The Morgan fingerprint density at radius 2 is 1.86 bits per heavy atom. The van der Waals surface area contributed by atoms with Gasteiger partial charge in [-0.2, -0.15) is 0 Å². The van der Waals surface area contributed by atoms with Crippen molar-refractivity contribution in [3.05, 3.63) is 35.9 Å². The van der Waals surface area contributed by atoms with Crippen molar-refractivity contribution in [1.82, 2.24) is 15.1 Å². The summed E-state index contributed by atoms with van der Waals surface area (Å²) in [6, 6.07) is 11.8. The number of rotatable bonds is 8. The maximum atomic E-state index is 3.52. The van der Waals surface area contributed by atoms with Gasteiger partial charge in [-0.05, 0) is 52.0 Å². The lowest BCUT2D eigenvalue weighted by Crippen LogP contribution is -2.44. The quantitative estimate of drug-likeness (QED) is 0.794. The number of hydrogen-bond donors (Lipinski definition) is 1. The van der Waals surface area contributed by atoms with E-state index in [1.807, 2.05) is 0 Å². The molecule has 0 bridgehead atoms. The van der Waals surface area contributed by atoms with Crippen LogP contribution in [0.3, 0.4) is 0 Å². The van der Waals surface area contributed by atoms with Crippen LogP contribution in [0.5, 0.6) is 0 Å². The Kier molecular flexibility index (Phi) is 6.68. The Balaban J connectivity index is 1.95. The molecule has 0 aromatic heterocycles. The fraction of sp³-hybridized carbons (Fsp3) is 0.667. The van der Waals surface area contributed by atoms with Crippen LogP contribution in [-0.2, 0) is 0 Å². The van der Waals surface area contributed by atoms with E-state index in [-0.39, 0.29) is 0 Å². The monoisotopic (exact) mass is 289 g/mol. The molecule has 0 spiro atoms. The van der Waals surface area contributed by atoms with Gasteiger partial charge in [-0.3, -0.25) is 0 Å². The molecular formula is C18H31N3. The van der Waals surface area contributed by atoms with Gasteiger partial charge in [0, 0.05) is 25.2 Å². The Morgan fingerprint density at radius 3 is 2.43 bits per heavy atom. The van der Waals surface area contributed by atoms with Gasteiger partial charge >= 0.3 is 0 Å². The minimum absolute atomic E-state index is 0.403. The molecule has 118 valence electrons. The standard InChI is InChI=1S/C18H31N3/c1-4-17(18(19-2)16-10-6-5-7-11-16)20(3)14-15-21-12-8-9-13-21/h5-7,10-11,17-19H,4,8-9,12-15H2,1-3H3. The lowest BCUT2D eigenvalue weighted by Gasteiger charge is -2.35.